The van der Waals surface area contributed by atoms with Crippen molar-refractivity contribution in [1.29, 1.82) is 0 Å². The molecule has 1 atom stereocenters. The first kappa shape index (κ1) is 25.0. The zero-order valence-corrected chi connectivity index (χ0v) is 20.6. The minimum atomic E-state index is -0.710. The van der Waals surface area contributed by atoms with Crippen molar-refractivity contribution in [3.8, 4) is 5.75 Å². The fraction of sp³-hybridized carbons (Fsp3) is 0.346. The Bertz CT molecular complexity index is 1040. The number of dihydropyridines is 1. The number of hydrogen-bond donors (Lipinski definition) is 4. The first-order valence-corrected chi connectivity index (χ1v) is 11.5. The summed E-state index contributed by atoms with van der Waals surface area (Å²) in [6.45, 7) is 7.74. The van der Waals surface area contributed by atoms with Gasteiger partial charge in [-0.3, -0.25) is 4.79 Å². The average Bonchev–Trinajstić information content (AvgIpc) is 3.29. The first-order valence-electron chi connectivity index (χ1n) is 11.5. The molecule has 0 radical (unpaired) electrons. The number of amides is 1. The molecule has 3 aliphatic heterocycles. The van der Waals surface area contributed by atoms with Crippen LogP contribution in [0.2, 0.25) is 0 Å². The molecule has 0 fully saturated rings. The number of hydrogen-bond acceptors (Lipinski definition) is 7. The van der Waals surface area contributed by atoms with Crippen LogP contribution in [0.5, 0.6) is 5.75 Å². The Morgan fingerprint density at radius 3 is 2.50 bits per heavy atom. The van der Waals surface area contributed by atoms with Crippen LogP contribution in [0.4, 0.5) is 11.4 Å². The van der Waals surface area contributed by atoms with E-state index in [1.165, 1.54) is 0 Å². The maximum atomic E-state index is 12.7. The third-order valence-electron chi connectivity index (χ3n) is 5.26. The van der Waals surface area contributed by atoms with Crippen LogP contribution in [0.1, 0.15) is 31.1 Å². The van der Waals surface area contributed by atoms with Crippen molar-refractivity contribution < 1.29 is 14.3 Å². The van der Waals surface area contributed by atoms with Crippen LogP contribution in [0.3, 0.4) is 0 Å². The second-order valence-electron chi connectivity index (χ2n) is 7.96. The highest BCUT2D eigenvalue weighted by molar-refractivity contribution is 6.03. The van der Waals surface area contributed by atoms with Crippen molar-refractivity contribution >= 4 is 17.3 Å². The van der Waals surface area contributed by atoms with Crippen molar-refractivity contribution in [2.75, 3.05) is 44.3 Å². The van der Waals surface area contributed by atoms with Crippen molar-refractivity contribution in [1.82, 2.24) is 16.0 Å². The standard InChI is InChI=1S/C22H23N5O2.C2H6O.C2H6/c1-22(13-29-16-6-3-2-4-7-16)25-18-12-15(9-10-17(18)21(28)26-22)27-14-24-20-19(27)8-5-11-23-20;1-3-2;1-2/h2-10,12,23-25H,11,13-14H2,1H3,(H,26,28);1-2H3;1-2H3. The van der Waals surface area contributed by atoms with E-state index in [0.29, 0.717) is 18.8 Å². The molecule has 2 aromatic carbocycles. The van der Waals surface area contributed by atoms with Gasteiger partial charge in [0.05, 0.1) is 23.6 Å². The second-order valence-corrected chi connectivity index (χ2v) is 7.96. The number of methoxy groups -OCH3 is 1. The van der Waals surface area contributed by atoms with Crippen LogP contribution in [0, 0.1) is 0 Å². The maximum Gasteiger partial charge on any atom is 0.255 e. The average molecular weight is 466 g/mol. The molecule has 8 heteroatoms. The lowest BCUT2D eigenvalue weighted by Crippen LogP contribution is -2.59. The van der Waals surface area contributed by atoms with Gasteiger partial charge in [-0.25, -0.2) is 0 Å². The molecular weight excluding hydrogens is 430 g/mol. The number of carbonyl (C=O) groups excluding carboxylic acids is 1. The molecule has 4 N–H and O–H groups in total. The highest BCUT2D eigenvalue weighted by atomic mass is 16.5. The van der Waals surface area contributed by atoms with Crippen LogP contribution in [0.15, 0.2) is 72.2 Å². The van der Waals surface area contributed by atoms with Crippen molar-refractivity contribution in [2.45, 2.75) is 26.4 Å². The number of fused-ring (bicyclic) bond motifs is 1. The van der Waals surface area contributed by atoms with Gasteiger partial charge >= 0.3 is 0 Å². The normalized spacial score (nSPS) is 19.6. The minimum Gasteiger partial charge on any atom is -0.489 e. The highest BCUT2D eigenvalue weighted by Crippen LogP contribution is 2.33. The second kappa shape index (κ2) is 11.5. The summed E-state index contributed by atoms with van der Waals surface area (Å²) in [4.78, 5) is 14.9. The van der Waals surface area contributed by atoms with Gasteiger partial charge in [0.25, 0.3) is 5.91 Å². The number of carbonyl (C=O) groups is 1. The van der Waals surface area contributed by atoms with E-state index < -0.39 is 5.66 Å². The van der Waals surface area contributed by atoms with E-state index in [1.807, 2.05) is 69.3 Å². The summed E-state index contributed by atoms with van der Waals surface area (Å²) >= 11 is 0. The predicted molar refractivity (Wildman–Crippen MR) is 137 cm³/mol. The minimum absolute atomic E-state index is 0.108. The van der Waals surface area contributed by atoms with Crippen molar-refractivity contribution in [2.24, 2.45) is 0 Å². The summed E-state index contributed by atoms with van der Waals surface area (Å²) in [5.41, 5.74) is 2.84. The molecule has 8 nitrogen and oxygen atoms in total. The molecule has 0 aromatic heterocycles. The van der Waals surface area contributed by atoms with Gasteiger partial charge in [-0.1, -0.05) is 38.1 Å². The number of allylic oxidation sites excluding steroid dienone is 1. The third-order valence-corrected chi connectivity index (χ3v) is 5.26. The number of nitrogens with one attached hydrogen (secondary N) is 4. The Morgan fingerprint density at radius 1 is 1.03 bits per heavy atom. The fourth-order valence-corrected chi connectivity index (χ4v) is 3.82. The van der Waals surface area contributed by atoms with E-state index in [4.69, 9.17) is 4.74 Å². The Morgan fingerprint density at radius 2 is 1.76 bits per heavy atom. The zero-order chi connectivity index (χ0) is 24.6. The zero-order valence-electron chi connectivity index (χ0n) is 20.6. The predicted octanol–water partition coefficient (Wildman–Crippen LogP) is 3.62. The molecule has 1 amide bonds. The molecule has 0 spiro atoms. The van der Waals surface area contributed by atoms with E-state index in [2.05, 4.69) is 43.1 Å². The van der Waals surface area contributed by atoms with Gasteiger partial charge in [0, 0.05) is 26.5 Å². The Balaban J connectivity index is 0.000000603. The van der Waals surface area contributed by atoms with Crippen LogP contribution < -0.4 is 30.9 Å². The molecule has 2 aromatic rings. The molecule has 3 aliphatic rings. The summed E-state index contributed by atoms with van der Waals surface area (Å²) in [5.74, 6) is 1.70. The maximum absolute atomic E-state index is 12.7. The SMILES string of the molecule is CC.CC1(COc2ccccc2)NC(=O)c2ccc(N3CNC4=C3C=CCN4)cc2N1.COC. The summed E-state index contributed by atoms with van der Waals surface area (Å²) in [6, 6.07) is 15.5. The Hall–Kier alpha value is -3.65. The van der Waals surface area contributed by atoms with Crippen LogP contribution in [0.25, 0.3) is 0 Å². The lowest BCUT2D eigenvalue weighted by molar-refractivity contribution is 0.0874. The fourth-order valence-electron chi connectivity index (χ4n) is 3.82. The van der Waals surface area contributed by atoms with Gasteiger partial charge < -0.3 is 35.6 Å². The molecule has 0 aliphatic carbocycles. The molecule has 34 heavy (non-hydrogen) atoms. The van der Waals surface area contributed by atoms with E-state index in [9.17, 15) is 4.79 Å². The van der Waals surface area contributed by atoms with Crippen molar-refractivity contribution in [3.05, 3.63) is 77.8 Å². The first-order chi connectivity index (χ1) is 16.5. The molecule has 0 saturated heterocycles. The van der Waals surface area contributed by atoms with Crippen LogP contribution in [-0.2, 0) is 4.74 Å². The van der Waals surface area contributed by atoms with Gasteiger partial charge in [-0.2, -0.15) is 0 Å². The van der Waals surface area contributed by atoms with Gasteiger partial charge in [-0.15, -0.1) is 0 Å². The lowest BCUT2D eigenvalue weighted by Gasteiger charge is -2.37. The van der Waals surface area contributed by atoms with Gasteiger partial charge in [0.1, 0.15) is 23.8 Å². The Kier molecular flexibility index (Phi) is 8.43. The molecule has 1 unspecified atom stereocenters. The third kappa shape index (κ3) is 5.63. The van der Waals surface area contributed by atoms with Crippen LogP contribution in [-0.4, -0.2) is 45.6 Å². The molecule has 3 heterocycles. The van der Waals surface area contributed by atoms with Gasteiger partial charge in [0.15, 0.2) is 0 Å². The van der Waals surface area contributed by atoms with Gasteiger partial charge in [0.2, 0.25) is 0 Å². The number of para-hydroxylation sites is 1. The smallest absolute Gasteiger partial charge is 0.255 e. The molecule has 182 valence electrons. The van der Waals surface area contributed by atoms with Crippen molar-refractivity contribution in [3.63, 3.8) is 0 Å². The van der Waals surface area contributed by atoms with Gasteiger partial charge in [-0.05, 0) is 43.3 Å². The Labute approximate surface area is 202 Å². The molecule has 0 bridgehead atoms. The monoisotopic (exact) mass is 465 g/mol. The quantitative estimate of drug-likeness (QED) is 0.549. The van der Waals surface area contributed by atoms with E-state index in [-0.39, 0.29) is 5.91 Å². The molecule has 5 rings (SSSR count). The van der Waals surface area contributed by atoms with E-state index in [0.717, 1.165) is 35.2 Å². The number of benzene rings is 2. The largest absolute Gasteiger partial charge is 0.489 e. The van der Waals surface area contributed by atoms with E-state index in [1.54, 1.807) is 14.2 Å². The number of nitrogens with zero attached hydrogens (tertiary/aromatic N) is 1. The molecular formula is C26H35N5O3. The summed E-state index contributed by atoms with van der Waals surface area (Å²) < 4.78 is 10.1. The summed E-state index contributed by atoms with van der Waals surface area (Å²) in [6.07, 6.45) is 4.21. The van der Waals surface area contributed by atoms with E-state index >= 15 is 0 Å². The molecule has 0 saturated carbocycles. The number of ether oxygens (including phenoxy) is 2. The summed E-state index contributed by atoms with van der Waals surface area (Å²) in [7, 11) is 3.25. The number of rotatable bonds is 4. The summed E-state index contributed by atoms with van der Waals surface area (Å²) in [5, 5.41) is 13.2. The topological polar surface area (TPSA) is 86.9 Å². The number of anilines is 2. The van der Waals surface area contributed by atoms with Crippen LogP contribution >= 0.6 is 0 Å². The lowest BCUT2D eigenvalue weighted by atomic mass is 10.0. The highest BCUT2D eigenvalue weighted by Gasteiger charge is 2.35.